The third-order valence-corrected chi connectivity index (χ3v) is 6.63. The van der Waals surface area contributed by atoms with E-state index in [-0.39, 0.29) is 22.8 Å². The molecule has 0 aliphatic carbocycles. The molecular weight excluding hydrogens is 482 g/mol. The van der Waals surface area contributed by atoms with Crippen molar-refractivity contribution < 1.29 is 23.5 Å². The molecule has 0 bridgehead atoms. The number of ether oxygens (including phenoxy) is 1. The van der Waals surface area contributed by atoms with Gasteiger partial charge in [-0.15, -0.1) is 0 Å². The first-order valence-corrected chi connectivity index (χ1v) is 11.7. The van der Waals surface area contributed by atoms with E-state index in [2.05, 4.69) is 10.3 Å². The maximum Gasteiger partial charge on any atom is 0.349 e. The quantitative estimate of drug-likeness (QED) is 0.227. The van der Waals surface area contributed by atoms with Crippen molar-refractivity contribution in [1.82, 2.24) is 4.57 Å². The average molecular weight is 502 g/mol. The van der Waals surface area contributed by atoms with E-state index in [1.165, 1.54) is 24.7 Å². The molecule has 0 spiro atoms. The van der Waals surface area contributed by atoms with Crippen LogP contribution in [0.15, 0.2) is 74.9 Å². The molecule has 0 atom stereocenters. The van der Waals surface area contributed by atoms with Crippen molar-refractivity contribution >= 4 is 66.8 Å². The van der Waals surface area contributed by atoms with E-state index < -0.39 is 17.5 Å². The van der Waals surface area contributed by atoms with Crippen LogP contribution in [0.4, 0.5) is 5.69 Å². The highest BCUT2D eigenvalue weighted by atomic mass is 32.1. The van der Waals surface area contributed by atoms with Crippen molar-refractivity contribution in [3.05, 3.63) is 81.4 Å². The smallest absolute Gasteiger partial charge is 0.349 e. The molecule has 0 saturated carbocycles. The van der Waals surface area contributed by atoms with Crippen molar-refractivity contribution in [2.75, 3.05) is 12.4 Å². The maximum atomic E-state index is 13.2. The van der Waals surface area contributed by atoms with Crippen molar-refractivity contribution in [1.29, 1.82) is 0 Å². The van der Waals surface area contributed by atoms with Gasteiger partial charge in [-0.3, -0.25) is 14.4 Å². The molecule has 2 amide bonds. The standard InChI is InChI=1S/C26H19N3O6S/c1-14(30)27-16-8-9-20-22(11-16)36-26(29(20)13-23(31)34-2)28-24(32)19-12-18-17-6-4-3-5-15(17)7-10-21(18)35-25(19)33/h3-12H,13H2,1-2H3,(H,27,30). The van der Waals surface area contributed by atoms with Gasteiger partial charge in [-0.1, -0.05) is 41.7 Å². The second kappa shape index (κ2) is 9.23. The van der Waals surface area contributed by atoms with E-state index in [0.717, 1.165) is 22.1 Å². The SMILES string of the molecule is COC(=O)Cn1c(=NC(=O)c2cc3c(ccc4ccccc43)oc2=O)sc2cc(NC(C)=O)ccc21. The molecule has 3 aromatic carbocycles. The highest BCUT2D eigenvalue weighted by Crippen LogP contribution is 2.25. The van der Waals surface area contributed by atoms with Gasteiger partial charge in [0, 0.05) is 18.0 Å². The van der Waals surface area contributed by atoms with Crippen LogP contribution in [0.25, 0.3) is 32.0 Å². The number of carbonyl (C=O) groups is 3. The largest absolute Gasteiger partial charge is 0.468 e. The molecule has 0 saturated heterocycles. The Morgan fingerprint density at radius 3 is 2.64 bits per heavy atom. The van der Waals surface area contributed by atoms with Crippen LogP contribution in [0.5, 0.6) is 0 Å². The minimum absolute atomic E-state index is 0.192. The number of carbonyl (C=O) groups excluding carboxylic acids is 3. The highest BCUT2D eigenvalue weighted by molar-refractivity contribution is 7.16. The van der Waals surface area contributed by atoms with Gasteiger partial charge in [-0.25, -0.2) is 4.79 Å². The monoisotopic (exact) mass is 501 g/mol. The van der Waals surface area contributed by atoms with Crippen LogP contribution in [0.1, 0.15) is 17.3 Å². The second-order valence-electron chi connectivity index (χ2n) is 7.97. The van der Waals surface area contributed by atoms with Gasteiger partial charge >= 0.3 is 11.6 Å². The zero-order valence-corrected chi connectivity index (χ0v) is 20.0. The Bertz CT molecular complexity index is 1830. The average Bonchev–Trinajstić information content (AvgIpc) is 3.18. The molecule has 0 radical (unpaired) electrons. The number of nitrogens with one attached hydrogen (secondary N) is 1. The number of methoxy groups -OCH3 is 1. The van der Waals surface area contributed by atoms with Crippen LogP contribution in [0.2, 0.25) is 0 Å². The molecule has 1 N–H and O–H groups in total. The minimum atomic E-state index is -0.805. The number of hydrogen-bond donors (Lipinski definition) is 1. The maximum absolute atomic E-state index is 13.2. The molecular formula is C26H19N3O6S. The fourth-order valence-electron chi connectivity index (χ4n) is 3.95. The zero-order chi connectivity index (χ0) is 25.4. The van der Waals surface area contributed by atoms with Crippen molar-refractivity contribution in [2.45, 2.75) is 13.5 Å². The molecule has 5 rings (SSSR count). The van der Waals surface area contributed by atoms with E-state index >= 15 is 0 Å². The summed E-state index contributed by atoms with van der Waals surface area (Å²) in [5.74, 6) is -1.57. The number of benzene rings is 3. The Labute approximate surface area is 207 Å². The second-order valence-corrected chi connectivity index (χ2v) is 8.98. The van der Waals surface area contributed by atoms with Gasteiger partial charge < -0.3 is 19.0 Å². The third-order valence-electron chi connectivity index (χ3n) is 5.59. The van der Waals surface area contributed by atoms with Gasteiger partial charge in [0.25, 0.3) is 5.91 Å². The number of anilines is 1. The van der Waals surface area contributed by atoms with Crippen LogP contribution < -0.4 is 15.7 Å². The van der Waals surface area contributed by atoms with Crippen LogP contribution >= 0.6 is 11.3 Å². The lowest BCUT2D eigenvalue weighted by atomic mass is 10.0. The van der Waals surface area contributed by atoms with Crippen LogP contribution in [-0.2, 0) is 20.9 Å². The normalized spacial score (nSPS) is 11.8. The molecule has 0 aliphatic rings. The van der Waals surface area contributed by atoms with Gasteiger partial charge in [-0.2, -0.15) is 4.99 Å². The number of fused-ring (bicyclic) bond motifs is 4. The van der Waals surface area contributed by atoms with Crippen molar-refractivity contribution in [2.24, 2.45) is 4.99 Å². The first kappa shape index (κ1) is 23.2. The molecule has 0 aliphatic heterocycles. The molecule has 9 nitrogen and oxygen atoms in total. The summed E-state index contributed by atoms with van der Waals surface area (Å²) in [4.78, 5) is 53.8. The van der Waals surface area contributed by atoms with Crippen molar-refractivity contribution in [3.63, 3.8) is 0 Å². The van der Waals surface area contributed by atoms with Gasteiger partial charge in [0.1, 0.15) is 17.7 Å². The Morgan fingerprint density at radius 2 is 1.86 bits per heavy atom. The van der Waals surface area contributed by atoms with Gasteiger partial charge in [0.2, 0.25) is 5.91 Å². The first-order valence-electron chi connectivity index (χ1n) is 10.9. The highest BCUT2D eigenvalue weighted by Gasteiger charge is 2.17. The number of aromatic nitrogens is 1. The molecule has 5 aromatic rings. The molecule has 2 heterocycles. The van der Waals surface area contributed by atoms with E-state index in [1.807, 2.05) is 30.3 Å². The predicted octanol–water partition coefficient (Wildman–Crippen LogP) is 3.83. The summed E-state index contributed by atoms with van der Waals surface area (Å²) in [6, 6.07) is 17.7. The van der Waals surface area contributed by atoms with Gasteiger partial charge in [-0.05, 0) is 41.1 Å². The summed E-state index contributed by atoms with van der Waals surface area (Å²) in [7, 11) is 1.26. The Kier molecular flexibility index (Phi) is 5.95. The Hall–Kier alpha value is -4.57. The Morgan fingerprint density at radius 1 is 1.06 bits per heavy atom. The van der Waals surface area contributed by atoms with E-state index in [4.69, 9.17) is 9.15 Å². The fraction of sp³-hybridized carbons (Fsp3) is 0.115. The summed E-state index contributed by atoms with van der Waals surface area (Å²) in [5.41, 5.74) is 0.507. The number of amides is 2. The van der Waals surface area contributed by atoms with Crippen LogP contribution in [-0.4, -0.2) is 29.5 Å². The minimum Gasteiger partial charge on any atom is -0.468 e. The number of esters is 1. The number of thiazole rings is 1. The van der Waals surface area contributed by atoms with E-state index in [1.54, 1.807) is 24.3 Å². The lowest BCUT2D eigenvalue weighted by Crippen LogP contribution is -2.23. The lowest BCUT2D eigenvalue weighted by molar-refractivity contribution is -0.141. The number of rotatable bonds is 4. The molecule has 2 aromatic heterocycles. The topological polar surface area (TPSA) is 120 Å². The third kappa shape index (κ3) is 4.29. The van der Waals surface area contributed by atoms with Gasteiger partial charge in [0.05, 0.1) is 17.3 Å². The van der Waals surface area contributed by atoms with Gasteiger partial charge in [0.15, 0.2) is 4.80 Å². The summed E-state index contributed by atoms with van der Waals surface area (Å²) in [5, 5.41) is 5.08. The van der Waals surface area contributed by atoms with Crippen LogP contribution in [0.3, 0.4) is 0 Å². The molecule has 180 valence electrons. The van der Waals surface area contributed by atoms with E-state index in [9.17, 15) is 19.2 Å². The lowest BCUT2D eigenvalue weighted by Gasteiger charge is -2.05. The summed E-state index contributed by atoms with van der Waals surface area (Å²) < 4.78 is 12.4. The summed E-state index contributed by atoms with van der Waals surface area (Å²) in [6.45, 7) is 1.20. The Balaban J connectivity index is 1.67. The first-order chi connectivity index (χ1) is 17.3. The summed E-state index contributed by atoms with van der Waals surface area (Å²) in [6.07, 6.45) is 0. The molecule has 36 heavy (non-hydrogen) atoms. The predicted molar refractivity (Wildman–Crippen MR) is 136 cm³/mol. The molecule has 0 fully saturated rings. The summed E-state index contributed by atoms with van der Waals surface area (Å²) >= 11 is 1.14. The molecule has 0 unspecified atom stereocenters. The number of hydrogen-bond acceptors (Lipinski definition) is 7. The van der Waals surface area contributed by atoms with E-state index in [0.29, 0.717) is 26.9 Å². The van der Waals surface area contributed by atoms with Crippen molar-refractivity contribution in [3.8, 4) is 0 Å². The molecule has 10 heteroatoms. The fourth-order valence-corrected chi connectivity index (χ4v) is 5.02. The number of nitrogens with zero attached hydrogens (tertiary/aromatic N) is 2. The zero-order valence-electron chi connectivity index (χ0n) is 19.2. The van der Waals surface area contributed by atoms with Crippen LogP contribution in [0, 0.1) is 0 Å².